The molecule has 0 rings (SSSR count). The molecule has 0 aromatic heterocycles. The molecule has 0 N–H and O–H groups in total. The van der Waals surface area contributed by atoms with E-state index in [2.05, 4.69) is 66.3 Å². The van der Waals surface area contributed by atoms with Crippen molar-refractivity contribution in [3.8, 4) is 0 Å². The van der Waals surface area contributed by atoms with E-state index in [0.717, 1.165) is 12.8 Å². The van der Waals surface area contributed by atoms with Crippen LogP contribution in [0.3, 0.4) is 0 Å². The molecule has 0 bridgehead atoms. The van der Waals surface area contributed by atoms with Crippen LogP contribution in [0.25, 0.3) is 0 Å². The normalized spacial score (nSPS) is 16.1. The molecule has 102 valence electrons. The number of unbranched alkanes of at least 4 members (excludes halogenated alkanes) is 1. The summed E-state index contributed by atoms with van der Waals surface area (Å²) in [6.07, 6.45) is 11.2. The summed E-state index contributed by atoms with van der Waals surface area (Å²) in [4.78, 5) is 0. The van der Waals surface area contributed by atoms with Crippen molar-refractivity contribution in [2.75, 3.05) is 0 Å². The number of rotatable bonds is 7. The first-order chi connectivity index (χ1) is 8.38. The lowest BCUT2D eigenvalue weighted by atomic mass is 9.93. The van der Waals surface area contributed by atoms with Crippen molar-refractivity contribution in [1.29, 1.82) is 0 Å². The Balaban J connectivity index is 4.60. The molecule has 0 aliphatic carbocycles. The summed E-state index contributed by atoms with van der Waals surface area (Å²) in [6, 6.07) is 0. The van der Waals surface area contributed by atoms with Gasteiger partial charge in [-0.05, 0) is 52.4 Å². The minimum Gasteiger partial charge on any atom is -0.103 e. The molecule has 0 aromatic rings. The number of hydrogen-bond acceptors (Lipinski definition) is 0. The summed E-state index contributed by atoms with van der Waals surface area (Å²) < 4.78 is 0. The first-order valence-corrected chi connectivity index (χ1v) is 6.99. The first-order valence-electron chi connectivity index (χ1n) is 6.99. The maximum Gasteiger partial charge on any atom is -0.00516 e. The maximum atomic E-state index is 3.75. The Labute approximate surface area is 114 Å². The van der Waals surface area contributed by atoms with Gasteiger partial charge < -0.3 is 0 Å². The van der Waals surface area contributed by atoms with Crippen LogP contribution < -0.4 is 0 Å². The Bertz CT molecular complexity index is 335. The third-order valence-electron chi connectivity index (χ3n) is 3.37. The topological polar surface area (TPSA) is 0 Å². The van der Waals surface area contributed by atoms with Crippen molar-refractivity contribution < 1.29 is 0 Å². The molecule has 0 nitrogen and oxygen atoms in total. The summed E-state index contributed by atoms with van der Waals surface area (Å²) >= 11 is 0. The highest BCUT2D eigenvalue weighted by Crippen LogP contribution is 2.20. The second-order valence-corrected chi connectivity index (χ2v) is 5.55. The second-order valence-electron chi connectivity index (χ2n) is 5.55. The molecule has 2 atom stereocenters. The number of hydrogen-bond donors (Lipinski definition) is 0. The van der Waals surface area contributed by atoms with Gasteiger partial charge in [-0.2, -0.15) is 0 Å². The predicted octanol–water partition coefficient (Wildman–Crippen LogP) is 6.08. The van der Waals surface area contributed by atoms with Crippen LogP contribution >= 0.6 is 0 Å². The highest BCUT2D eigenvalue weighted by molar-refractivity contribution is 5.18. The van der Waals surface area contributed by atoms with Gasteiger partial charge in [0.05, 0.1) is 0 Å². The van der Waals surface area contributed by atoms with Gasteiger partial charge in [0.25, 0.3) is 0 Å². The van der Waals surface area contributed by atoms with Gasteiger partial charge >= 0.3 is 0 Å². The Morgan fingerprint density at radius 3 is 1.94 bits per heavy atom. The summed E-state index contributed by atoms with van der Waals surface area (Å²) in [6.45, 7) is 17.1. The van der Waals surface area contributed by atoms with Crippen LogP contribution in [0.4, 0.5) is 0 Å². The highest BCUT2D eigenvalue weighted by atomic mass is 14.1. The SMILES string of the molecule is C=CCCC=C(C)C(C)C=C(C)C(C)C=C(C)C. The molecule has 0 amide bonds. The fraction of sp³-hybridized carbons (Fsp3) is 0.556. The molecule has 0 spiro atoms. The van der Waals surface area contributed by atoms with E-state index in [1.165, 1.54) is 16.7 Å². The molecule has 0 aliphatic rings. The number of allylic oxidation sites excluding steroid dienone is 7. The average Bonchev–Trinajstić information content (AvgIpc) is 2.28. The Hall–Kier alpha value is -1.04. The molecule has 0 heterocycles. The lowest BCUT2D eigenvalue weighted by Crippen LogP contribution is -1.98. The molecule has 0 heteroatoms. The van der Waals surface area contributed by atoms with E-state index < -0.39 is 0 Å². The van der Waals surface area contributed by atoms with Crippen molar-refractivity contribution in [3.63, 3.8) is 0 Å². The molecule has 0 aliphatic heterocycles. The van der Waals surface area contributed by atoms with Gasteiger partial charge in [0, 0.05) is 0 Å². The van der Waals surface area contributed by atoms with Crippen molar-refractivity contribution in [3.05, 3.63) is 47.6 Å². The van der Waals surface area contributed by atoms with Gasteiger partial charge in [-0.25, -0.2) is 0 Å². The molecular weight excluding hydrogens is 216 g/mol. The van der Waals surface area contributed by atoms with E-state index in [0.29, 0.717) is 11.8 Å². The predicted molar refractivity (Wildman–Crippen MR) is 84.7 cm³/mol. The molecular formula is C18H30. The van der Waals surface area contributed by atoms with E-state index in [4.69, 9.17) is 0 Å². The summed E-state index contributed by atoms with van der Waals surface area (Å²) in [5.74, 6) is 1.07. The lowest BCUT2D eigenvalue weighted by molar-refractivity contribution is 0.786. The van der Waals surface area contributed by atoms with E-state index in [-0.39, 0.29) is 0 Å². The smallest absolute Gasteiger partial charge is 0.00516 e. The van der Waals surface area contributed by atoms with Crippen LogP contribution in [-0.4, -0.2) is 0 Å². The van der Waals surface area contributed by atoms with Crippen LogP contribution in [0.2, 0.25) is 0 Å². The minimum atomic E-state index is 0.530. The Morgan fingerprint density at radius 1 is 0.889 bits per heavy atom. The van der Waals surface area contributed by atoms with E-state index in [1.54, 1.807) is 0 Å². The third kappa shape index (κ3) is 7.32. The second kappa shape index (κ2) is 8.97. The van der Waals surface area contributed by atoms with Gasteiger partial charge in [-0.3, -0.25) is 0 Å². The standard InChI is InChI=1S/C18H30/c1-8-9-10-11-15(4)17(6)13-18(7)16(5)12-14(2)3/h8,11-13,16-17H,1,9-10H2,2-7H3. The summed E-state index contributed by atoms with van der Waals surface area (Å²) in [5.41, 5.74) is 4.31. The summed E-state index contributed by atoms with van der Waals surface area (Å²) in [5, 5.41) is 0. The van der Waals surface area contributed by atoms with Crippen LogP contribution in [-0.2, 0) is 0 Å². The third-order valence-corrected chi connectivity index (χ3v) is 3.37. The molecule has 0 aromatic carbocycles. The van der Waals surface area contributed by atoms with Gasteiger partial charge in [0.15, 0.2) is 0 Å². The molecule has 2 unspecified atom stereocenters. The highest BCUT2D eigenvalue weighted by Gasteiger charge is 2.05. The van der Waals surface area contributed by atoms with E-state index in [1.807, 2.05) is 6.08 Å². The molecule has 0 radical (unpaired) electrons. The first kappa shape index (κ1) is 17.0. The zero-order chi connectivity index (χ0) is 14.1. The van der Waals surface area contributed by atoms with Crippen LogP contribution in [0.1, 0.15) is 54.4 Å². The zero-order valence-electron chi connectivity index (χ0n) is 13.1. The van der Waals surface area contributed by atoms with Crippen molar-refractivity contribution in [1.82, 2.24) is 0 Å². The zero-order valence-corrected chi connectivity index (χ0v) is 13.1. The lowest BCUT2D eigenvalue weighted by Gasteiger charge is -2.13. The van der Waals surface area contributed by atoms with E-state index in [9.17, 15) is 0 Å². The summed E-state index contributed by atoms with van der Waals surface area (Å²) in [7, 11) is 0. The Morgan fingerprint density at radius 2 is 1.44 bits per heavy atom. The van der Waals surface area contributed by atoms with Crippen molar-refractivity contribution in [2.24, 2.45) is 11.8 Å². The van der Waals surface area contributed by atoms with E-state index >= 15 is 0 Å². The fourth-order valence-corrected chi connectivity index (χ4v) is 1.92. The largest absolute Gasteiger partial charge is 0.103 e. The average molecular weight is 246 g/mol. The van der Waals surface area contributed by atoms with Crippen LogP contribution in [0.5, 0.6) is 0 Å². The van der Waals surface area contributed by atoms with Crippen LogP contribution in [0, 0.1) is 11.8 Å². The molecule has 0 saturated heterocycles. The van der Waals surface area contributed by atoms with Crippen LogP contribution in [0.15, 0.2) is 47.6 Å². The van der Waals surface area contributed by atoms with Crippen molar-refractivity contribution >= 4 is 0 Å². The van der Waals surface area contributed by atoms with Gasteiger partial charge in [-0.1, -0.05) is 54.9 Å². The minimum absolute atomic E-state index is 0.530. The molecule has 0 fully saturated rings. The fourth-order valence-electron chi connectivity index (χ4n) is 1.92. The Kier molecular flexibility index (Phi) is 8.45. The molecule has 18 heavy (non-hydrogen) atoms. The van der Waals surface area contributed by atoms with Gasteiger partial charge in [0.1, 0.15) is 0 Å². The quantitative estimate of drug-likeness (QED) is 0.377. The molecule has 0 saturated carbocycles. The monoisotopic (exact) mass is 246 g/mol. The maximum absolute atomic E-state index is 3.75. The van der Waals surface area contributed by atoms with Crippen molar-refractivity contribution in [2.45, 2.75) is 54.4 Å². The van der Waals surface area contributed by atoms with Gasteiger partial charge in [-0.15, -0.1) is 6.58 Å². The van der Waals surface area contributed by atoms with Gasteiger partial charge in [0.2, 0.25) is 0 Å².